The number of para-hydroxylation sites is 1. The molecule has 0 spiro atoms. The number of carbonyl (C=O) groups is 2. The number of rotatable bonds is 4. The van der Waals surface area contributed by atoms with Crippen LogP contribution in [0.25, 0.3) is 10.2 Å². The number of aromatic nitrogens is 1. The third-order valence-electron chi connectivity index (χ3n) is 5.03. The lowest BCUT2D eigenvalue weighted by molar-refractivity contribution is 0.0611. The molecular formula is C21H22N4O2S. The fraction of sp³-hybridized carbons (Fsp3) is 0.286. The monoisotopic (exact) mass is 394 g/mol. The maximum absolute atomic E-state index is 13.2. The Morgan fingerprint density at radius 1 is 1.14 bits per heavy atom. The second kappa shape index (κ2) is 7.98. The summed E-state index contributed by atoms with van der Waals surface area (Å²) >= 11 is 1.67. The van der Waals surface area contributed by atoms with Gasteiger partial charge in [0.1, 0.15) is 5.01 Å². The summed E-state index contributed by atoms with van der Waals surface area (Å²) in [7, 11) is 0. The average Bonchev–Trinajstić information content (AvgIpc) is 3.16. The molecule has 6 nitrogen and oxygen atoms in total. The molecule has 1 unspecified atom stereocenters. The Morgan fingerprint density at radius 3 is 2.68 bits per heavy atom. The largest absolute Gasteiger partial charge is 0.352 e. The maximum Gasteiger partial charge on any atom is 0.312 e. The zero-order chi connectivity index (χ0) is 19.5. The number of hydrogen-bond acceptors (Lipinski definition) is 4. The van der Waals surface area contributed by atoms with E-state index >= 15 is 0 Å². The molecule has 1 atom stereocenters. The van der Waals surface area contributed by atoms with Gasteiger partial charge in [-0.1, -0.05) is 24.3 Å². The van der Waals surface area contributed by atoms with Crippen LogP contribution in [0.2, 0.25) is 0 Å². The van der Waals surface area contributed by atoms with E-state index in [1.165, 1.54) is 0 Å². The summed E-state index contributed by atoms with van der Waals surface area (Å²) in [4.78, 5) is 30.8. The zero-order valence-electron chi connectivity index (χ0n) is 15.4. The molecule has 0 saturated carbocycles. The Labute approximate surface area is 167 Å². The van der Waals surface area contributed by atoms with Crippen molar-refractivity contribution in [1.82, 2.24) is 15.2 Å². The minimum absolute atomic E-state index is 0.0230. The fourth-order valence-corrected chi connectivity index (χ4v) is 4.70. The number of hydrogen-bond donors (Lipinski definition) is 2. The summed E-state index contributed by atoms with van der Waals surface area (Å²) < 4.78 is 1.15. The molecule has 28 heavy (non-hydrogen) atoms. The van der Waals surface area contributed by atoms with Crippen LogP contribution >= 0.6 is 11.3 Å². The third-order valence-corrected chi connectivity index (χ3v) is 6.16. The quantitative estimate of drug-likeness (QED) is 0.705. The number of carbonyl (C=O) groups excluding carboxylic acids is 2. The van der Waals surface area contributed by atoms with Crippen molar-refractivity contribution >= 4 is 33.5 Å². The Kier molecular flexibility index (Phi) is 5.25. The Morgan fingerprint density at radius 2 is 1.93 bits per heavy atom. The van der Waals surface area contributed by atoms with E-state index in [9.17, 15) is 9.59 Å². The molecule has 1 fully saturated rings. The van der Waals surface area contributed by atoms with E-state index in [2.05, 4.69) is 11.4 Å². The molecule has 2 heterocycles. The van der Waals surface area contributed by atoms with E-state index in [1.807, 2.05) is 47.4 Å². The van der Waals surface area contributed by atoms with Gasteiger partial charge in [-0.3, -0.25) is 4.79 Å². The first-order chi connectivity index (χ1) is 13.6. The van der Waals surface area contributed by atoms with Gasteiger partial charge in [0.25, 0.3) is 5.91 Å². The highest BCUT2D eigenvalue weighted by atomic mass is 32.1. The standard InChI is InChI=1S/C21H22N4O2S/c22-21(27)23-13-14-8-10-15(11-9-14)20(26)25-12-4-3-6-17(25)19-24-16-5-1-2-7-18(16)28-19/h1-2,5,7-11,17H,3-4,6,12-13H2,(H3,22,23,27). The minimum atomic E-state index is -0.563. The van der Waals surface area contributed by atoms with Crippen LogP contribution in [0, 0.1) is 0 Å². The molecule has 7 heteroatoms. The van der Waals surface area contributed by atoms with Crippen molar-refractivity contribution in [1.29, 1.82) is 0 Å². The predicted molar refractivity (Wildman–Crippen MR) is 110 cm³/mol. The summed E-state index contributed by atoms with van der Waals surface area (Å²) in [5, 5.41) is 3.56. The molecule has 1 aliphatic heterocycles. The van der Waals surface area contributed by atoms with Crippen LogP contribution in [-0.4, -0.2) is 28.4 Å². The van der Waals surface area contributed by atoms with Gasteiger partial charge in [0, 0.05) is 18.7 Å². The number of benzene rings is 2. The number of urea groups is 1. The molecule has 3 N–H and O–H groups in total. The van der Waals surface area contributed by atoms with Gasteiger partial charge in [-0.05, 0) is 49.1 Å². The van der Waals surface area contributed by atoms with Crippen molar-refractivity contribution in [3.63, 3.8) is 0 Å². The number of piperidine rings is 1. The van der Waals surface area contributed by atoms with Crippen molar-refractivity contribution in [2.75, 3.05) is 6.54 Å². The molecule has 3 amide bonds. The van der Waals surface area contributed by atoms with Gasteiger partial charge in [-0.15, -0.1) is 11.3 Å². The van der Waals surface area contributed by atoms with Crippen LogP contribution in [0.15, 0.2) is 48.5 Å². The van der Waals surface area contributed by atoms with Crippen molar-refractivity contribution in [2.24, 2.45) is 5.73 Å². The molecule has 1 aromatic heterocycles. The number of thiazole rings is 1. The van der Waals surface area contributed by atoms with Crippen molar-refractivity contribution in [2.45, 2.75) is 31.8 Å². The normalized spacial score (nSPS) is 16.9. The van der Waals surface area contributed by atoms with E-state index in [1.54, 1.807) is 11.3 Å². The Balaban J connectivity index is 1.55. The molecule has 144 valence electrons. The molecular weight excluding hydrogens is 372 g/mol. The van der Waals surface area contributed by atoms with Crippen LogP contribution < -0.4 is 11.1 Å². The van der Waals surface area contributed by atoms with Gasteiger partial charge in [0.15, 0.2) is 0 Å². The number of nitrogens with two attached hydrogens (primary N) is 1. The number of nitrogens with one attached hydrogen (secondary N) is 1. The first kappa shape index (κ1) is 18.4. The Hall–Kier alpha value is -2.93. The highest BCUT2D eigenvalue weighted by Crippen LogP contribution is 2.36. The maximum atomic E-state index is 13.2. The lowest BCUT2D eigenvalue weighted by atomic mass is 10.0. The minimum Gasteiger partial charge on any atom is -0.352 e. The van der Waals surface area contributed by atoms with E-state index in [-0.39, 0.29) is 11.9 Å². The van der Waals surface area contributed by atoms with Crippen molar-refractivity contribution < 1.29 is 9.59 Å². The summed E-state index contributed by atoms with van der Waals surface area (Å²) in [6, 6.07) is 14.9. The molecule has 0 bridgehead atoms. The number of nitrogens with zero attached hydrogens (tertiary/aromatic N) is 2. The molecule has 3 aromatic rings. The lowest BCUT2D eigenvalue weighted by Gasteiger charge is -2.34. The highest BCUT2D eigenvalue weighted by molar-refractivity contribution is 7.18. The Bertz CT molecular complexity index is 966. The summed E-state index contributed by atoms with van der Waals surface area (Å²) in [5.41, 5.74) is 7.64. The average molecular weight is 394 g/mol. The van der Waals surface area contributed by atoms with Crippen LogP contribution in [0.5, 0.6) is 0 Å². The molecule has 1 aliphatic rings. The molecule has 0 aliphatic carbocycles. The number of primary amides is 1. The number of fused-ring (bicyclic) bond motifs is 1. The van der Waals surface area contributed by atoms with Crippen LogP contribution in [0.4, 0.5) is 4.79 Å². The second-order valence-electron chi connectivity index (χ2n) is 6.94. The molecule has 0 radical (unpaired) electrons. The molecule has 4 rings (SSSR count). The van der Waals surface area contributed by atoms with E-state index in [0.717, 1.165) is 46.6 Å². The molecule has 1 saturated heterocycles. The first-order valence-electron chi connectivity index (χ1n) is 9.40. The van der Waals surface area contributed by atoms with Gasteiger partial charge in [0.2, 0.25) is 0 Å². The van der Waals surface area contributed by atoms with Crippen LogP contribution in [0.3, 0.4) is 0 Å². The van der Waals surface area contributed by atoms with E-state index < -0.39 is 6.03 Å². The van der Waals surface area contributed by atoms with Crippen LogP contribution in [-0.2, 0) is 6.54 Å². The SMILES string of the molecule is NC(=O)NCc1ccc(C(=O)N2CCCCC2c2nc3ccccc3s2)cc1. The second-order valence-corrected chi connectivity index (χ2v) is 8.01. The zero-order valence-corrected chi connectivity index (χ0v) is 16.2. The lowest BCUT2D eigenvalue weighted by Crippen LogP contribution is -2.38. The third kappa shape index (κ3) is 3.84. The van der Waals surface area contributed by atoms with Gasteiger partial charge in [-0.2, -0.15) is 0 Å². The highest BCUT2D eigenvalue weighted by Gasteiger charge is 2.30. The molecule has 2 aromatic carbocycles. The van der Waals surface area contributed by atoms with E-state index in [4.69, 9.17) is 10.7 Å². The van der Waals surface area contributed by atoms with Gasteiger partial charge in [-0.25, -0.2) is 9.78 Å². The number of amides is 3. The smallest absolute Gasteiger partial charge is 0.312 e. The van der Waals surface area contributed by atoms with Gasteiger partial charge < -0.3 is 16.0 Å². The first-order valence-corrected chi connectivity index (χ1v) is 10.2. The van der Waals surface area contributed by atoms with Crippen molar-refractivity contribution in [3.8, 4) is 0 Å². The van der Waals surface area contributed by atoms with Crippen LogP contribution in [0.1, 0.15) is 46.2 Å². The number of likely N-dealkylation sites (tertiary alicyclic amines) is 1. The predicted octanol–water partition coefficient (Wildman–Crippen LogP) is 3.83. The topological polar surface area (TPSA) is 88.3 Å². The summed E-state index contributed by atoms with van der Waals surface area (Å²) in [6.45, 7) is 1.09. The van der Waals surface area contributed by atoms with Gasteiger partial charge >= 0.3 is 6.03 Å². The van der Waals surface area contributed by atoms with E-state index in [0.29, 0.717) is 12.1 Å². The summed E-state index contributed by atoms with van der Waals surface area (Å²) in [6.07, 6.45) is 3.04. The van der Waals surface area contributed by atoms with Gasteiger partial charge in [0.05, 0.1) is 16.3 Å². The fourth-order valence-electron chi connectivity index (χ4n) is 3.58. The van der Waals surface area contributed by atoms with Crippen molar-refractivity contribution in [3.05, 3.63) is 64.7 Å². The summed E-state index contributed by atoms with van der Waals surface area (Å²) in [5.74, 6) is 0.0263.